The van der Waals surface area contributed by atoms with Gasteiger partial charge in [0.05, 0.1) is 25.4 Å². The maximum atomic E-state index is 13.2. The van der Waals surface area contributed by atoms with Crippen molar-refractivity contribution in [3.63, 3.8) is 0 Å². The minimum absolute atomic E-state index is 0.0740. The Morgan fingerprint density at radius 1 is 1.11 bits per heavy atom. The minimum atomic E-state index is 0.0740. The fourth-order valence-electron chi connectivity index (χ4n) is 4.19. The molecule has 2 fully saturated rings. The number of benzene rings is 2. The van der Waals surface area contributed by atoms with Gasteiger partial charge in [0, 0.05) is 25.3 Å². The Balaban J connectivity index is 1.50. The highest BCUT2D eigenvalue weighted by atomic mass is 16.5. The van der Waals surface area contributed by atoms with Crippen molar-refractivity contribution in [2.75, 3.05) is 26.4 Å². The van der Waals surface area contributed by atoms with E-state index >= 15 is 0 Å². The quantitative estimate of drug-likeness (QED) is 0.865. The highest BCUT2D eigenvalue weighted by Gasteiger charge is 2.31. The summed E-state index contributed by atoms with van der Waals surface area (Å²) >= 11 is 0. The van der Waals surface area contributed by atoms with Crippen LogP contribution in [0.1, 0.15) is 35.2 Å². The standard InChI is InChI=1S/C23H28N2O3/c24-15-19-4-1-2-6-22(19)17-7-9-18(10-8-17)23(26)25-11-13-27-16-20(25)14-21-5-3-12-28-21/h1-2,4,6-10,20-21H,3,5,11-16,24H2. The molecule has 2 aliphatic rings. The molecule has 5 nitrogen and oxygen atoms in total. The lowest BCUT2D eigenvalue weighted by atomic mass is 9.98. The number of amides is 1. The molecule has 2 saturated heterocycles. The molecule has 2 atom stereocenters. The fraction of sp³-hybridized carbons (Fsp3) is 0.435. The van der Waals surface area contributed by atoms with E-state index in [4.69, 9.17) is 15.2 Å². The van der Waals surface area contributed by atoms with Crippen molar-refractivity contribution in [3.05, 3.63) is 59.7 Å². The summed E-state index contributed by atoms with van der Waals surface area (Å²) in [6.07, 6.45) is 3.29. The Bertz CT molecular complexity index is 800. The van der Waals surface area contributed by atoms with Crippen molar-refractivity contribution < 1.29 is 14.3 Å². The number of rotatable bonds is 5. The normalized spacial score (nSPS) is 22.4. The van der Waals surface area contributed by atoms with Crippen LogP contribution >= 0.6 is 0 Å². The lowest BCUT2D eigenvalue weighted by molar-refractivity contribution is -0.0204. The minimum Gasteiger partial charge on any atom is -0.378 e. The number of nitrogens with zero attached hydrogens (tertiary/aromatic N) is 1. The molecular formula is C23H28N2O3. The van der Waals surface area contributed by atoms with Gasteiger partial charge in [-0.1, -0.05) is 36.4 Å². The van der Waals surface area contributed by atoms with E-state index in [-0.39, 0.29) is 18.1 Å². The topological polar surface area (TPSA) is 64.8 Å². The molecule has 0 aliphatic carbocycles. The predicted octanol–water partition coefficient (Wildman–Crippen LogP) is 3.22. The summed E-state index contributed by atoms with van der Waals surface area (Å²) in [5.74, 6) is 0.0740. The van der Waals surface area contributed by atoms with Gasteiger partial charge in [-0.15, -0.1) is 0 Å². The van der Waals surface area contributed by atoms with Crippen LogP contribution in [-0.4, -0.2) is 49.3 Å². The molecule has 2 N–H and O–H groups in total. The van der Waals surface area contributed by atoms with Crippen LogP contribution in [0, 0.1) is 0 Å². The summed E-state index contributed by atoms with van der Waals surface area (Å²) in [6, 6.07) is 16.1. The monoisotopic (exact) mass is 380 g/mol. The average Bonchev–Trinajstić information content (AvgIpc) is 3.27. The van der Waals surface area contributed by atoms with Gasteiger partial charge in [-0.25, -0.2) is 0 Å². The molecule has 28 heavy (non-hydrogen) atoms. The molecule has 0 bridgehead atoms. The van der Waals surface area contributed by atoms with Gasteiger partial charge in [-0.05, 0) is 48.1 Å². The van der Waals surface area contributed by atoms with E-state index in [1.165, 1.54) is 0 Å². The predicted molar refractivity (Wildman–Crippen MR) is 109 cm³/mol. The third-order valence-corrected chi connectivity index (χ3v) is 5.73. The van der Waals surface area contributed by atoms with E-state index in [1.807, 2.05) is 47.4 Å². The Labute approximate surface area is 166 Å². The lowest BCUT2D eigenvalue weighted by Gasteiger charge is -2.36. The van der Waals surface area contributed by atoms with E-state index < -0.39 is 0 Å². The summed E-state index contributed by atoms with van der Waals surface area (Å²) in [5.41, 5.74) is 9.88. The first-order valence-electron chi connectivity index (χ1n) is 10.1. The van der Waals surface area contributed by atoms with Gasteiger partial charge in [0.2, 0.25) is 0 Å². The molecule has 2 heterocycles. The SMILES string of the molecule is NCc1ccccc1-c1ccc(C(=O)N2CCOCC2CC2CCCO2)cc1. The second kappa shape index (κ2) is 8.86. The van der Waals surface area contributed by atoms with Gasteiger partial charge < -0.3 is 20.1 Å². The van der Waals surface area contributed by atoms with Crippen molar-refractivity contribution in [1.29, 1.82) is 0 Å². The lowest BCUT2D eigenvalue weighted by Crippen LogP contribution is -2.49. The third-order valence-electron chi connectivity index (χ3n) is 5.73. The third kappa shape index (κ3) is 4.12. The Morgan fingerprint density at radius 3 is 2.68 bits per heavy atom. The first-order valence-corrected chi connectivity index (χ1v) is 10.1. The van der Waals surface area contributed by atoms with E-state index in [0.29, 0.717) is 31.9 Å². The molecule has 0 radical (unpaired) electrons. The first-order chi connectivity index (χ1) is 13.8. The molecule has 0 spiro atoms. The van der Waals surface area contributed by atoms with Crippen LogP contribution in [0.2, 0.25) is 0 Å². The van der Waals surface area contributed by atoms with Crippen molar-refractivity contribution in [3.8, 4) is 11.1 Å². The molecule has 1 amide bonds. The van der Waals surface area contributed by atoms with Crippen molar-refractivity contribution in [2.45, 2.75) is 38.0 Å². The molecule has 2 aromatic rings. The Morgan fingerprint density at radius 2 is 1.93 bits per heavy atom. The number of morpholine rings is 1. The number of carbonyl (C=O) groups is 1. The first kappa shape index (κ1) is 19.1. The van der Waals surface area contributed by atoms with Gasteiger partial charge in [0.1, 0.15) is 0 Å². The van der Waals surface area contributed by atoms with Gasteiger partial charge >= 0.3 is 0 Å². The zero-order chi connectivity index (χ0) is 19.3. The van der Waals surface area contributed by atoms with E-state index in [0.717, 1.165) is 42.6 Å². The molecule has 0 saturated carbocycles. The zero-order valence-electron chi connectivity index (χ0n) is 16.2. The number of ether oxygens (including phenoxy) is 2. The van der Waals surface area contributed by atoms with E-state index in [2.05, 4.69) is 6.07 Å². The second-order valence-corrected chi connectivity index (χ2v) is 7.54. The molecule has 2 aromatic carbocycles. The Kier molecular flexibility index (Phi) is 6.05. The van der Waals surface area contributed by atoms with Gasteiger partial charge in [0.15, 0.2) is 0 Å². The van der Waals surface area contributed by atoms with E-state index in [9.17, 15) is 4.79 Å². The molecule has 2 aliphatic heterocycles. The second-order valence-electron chi connectivity index (χ2n) is 7.54. The summed E-state index contributed by atoms with van der Waals surface area (Å²) in [5, 5.41) is 0. The number of hydrogen-bond donors (Lipinski definition) is 1. The van der Waals surface area contributed by atoms with Crippen LogP contribution in [0.15, 0.2) is 48.5 Å². The average molecular weight is 380 g/mol. The van der Waals surface area contributed by atoms with Crippen molar-refractivity contribution in [2.24, 2.45) is 5.73 Å². The maximum absolute atomic E-state index is 13.2. The van der Waals surface area contributed by atoms with Gasteiger partial charge in [0.25, 0.3) is 5.91 Å². The van der Waals surface area contributed by atoms with Crippen LogP contribution in [0.5, 0.6) is 0 Å². The highest BCUT2D eigenvalue weighted by Crippen LogP contribution is 2.26. The summed E-state index contributed by atoms with van der Waals surface area (Å²) in [6.45, 7) is 3.14. The highest BCUT2D eigenvalue weighted by molar-refractivity contribution is 5.95. The smallest absolute Gasteiger partial charge is 0.254 e. The van der Waals surface area contributed by atoms with Crippen LogP contribution in [0.4, 0.5) is 0 Å². The molecule has 0 aromatic heterocycles. The summed E-state index contributed by atoms with van der Waals surface area (Å²) in [4.78, 5) is 15.1. The van der Waals surface area contributed by atoms with Crippen LogP contribution in [0.25, 0.3) is 11.1 Å². The van der Waals surface area contributed by atoms with Crippen LogP contribution in [-0.2, 0) is 16.0 Å². The fourth-order valence-corrected chi connectivity index (χ4v) is 4.19. The summed E-state index contributed by atoms with van der Waals surface area (Å²) in [7, 11) is 0. The number of hydrogen-bond acceptors (Lipinski definition) is 4. The molecule has 148 valence electrons. The number of nitrogens with two attached hydrogens (primary N) is 1. The molecular weight excluding hydrogens is 352 g/mol. The molecule has 4 rings (SSSR count). The van der Waals surface area contributed by atoms with Crippen molar-refractivity contribution >= 4 is 5.91 Å². The molecule has 2 unspecified atom stereocenters. The van der Waals surface area contributed by atoms with Gasteiger partial charge in [-0.2, -0.15) is 0 Å². The summed E-state index contributed by atoms with van der Waals surface area (Å²) < 4.78 is 11.4. The van der Waals surface area contributed by atoms with Crippen LogP contribution in [0.3, 0.4) is 0 Å². The molecule has 5 heteroatoms. The van der Waals surface area contributed by atoms with E-state index in [1.54, 1.807) is 0 Å². The maximum Gasteiger partial charge on any atom is 0.254 e. The van der Waals surface area contributed by atoms with Crippen LogP contribution < -0.4 is 5.73 Å². The largest absolute Gasteiger partial charge is 0.378 e. The number of carbonyl (C=O) groups excluding carboxylic acids is 1. The zero-order valence-corrected chi connectivity index (χ0v) is 16.2. The van der Waals surface area contributed by atoms with Crippen molar-refractivity contribution in [1.82, 2.24) is 4.90 Å². The van der Waals surface area contributed by atoms with Gasteiger partial charge in [-0.3, -0.25) is 4.79 Å². The Hall–Kier alpha value is -2.21.